The molecule has 0 aromatic heterocycles. The molecular formula is C21H26N2O2. The SMILES string of the molecule is O=C(Cc1ccc2ccccc2c1)N[C@@H]1CC[C@@H](N2CCCC2)[C@@H]1O. The Morgan fingerprint density at radius 1 is 1.08 bits per heavy atom. The molecule has 0 unspecified atom stereocenters. The van der Waals surface area contributed by atoms with E-state index in [0.29, 0.717) is 6.42 Å². The number of amides is 1. The third-order valence-electron chi connectivity index (χ3n) is 5.71. The first-order chi connectivity index (χ1) is 12.2. The zero-order valence-corrected chi connectivity index (χ0v) is 14.5. The van der Waals surface area contributed by atoms with Gasteiger partial charge in [-0.1, -0.05) is 42.5 Å². The molecule has 2 aromatic carbocycles. The number of nitrogens with one attached hydrogen (secondary N) is 1. The number of likely N-dealkylation sites (tertiary alicyclic amines) is 1. The first kappa shape index (κ1) is 16.6. The molecule has 2 fully saturated rings. The Labute approximate surface area is 148 Å². The molecule has 1 amide bonds. The van der Waals surface area contributed by atoms with Gasteiger partial charge in [0.05, 0.1) is 18.6 Å². The number of hydrogen-bond donors (Lipinski definition) is 2. The third kappa shape index (κ3) is 3.55. The molecule has 4 nitrogen and oxygen atoms in total. The summed E-state index contributed by atoms with van der Waals surface area (Å²) in [5.74, 6) is 0.00130. The van der Waals surface area contributed by atoms with Crippen LogP contribution in [0, 0.1) is 0 Å². The largest absolute Gasteiger partial charge is 0.389 e. The highest BCUT2D eigenvalue weighted by Crippen LogP contribution is 2.27. The van der Waals surface area contributed by atoms with E-state index in [-0.39, 0.29) is 18.0 Å². The Hall–Kier alpha value is -1.91. The van der Waals surface area contributed by atoms with Crippen LogP contribution in [0.5, 0.6) is 0 Å². The van der Waals surface area contributed by atoms with E-state index < -0.39 is 6.10 Å². The first-order valence-electron chi connectivity index (χ1n) is 9.40. The lowest BCUT2D eigenvalue weighted by Crippen LogP contribution is -2.48. The van der Waals surface area contributed by atoms with Gasteiger partial charge >= 0.3 is 0 Å². The molecule has 2 aromatic rings. The van der Waals surface area contributed by atoms with E-state index in [2.05, 4.69) is 34.5 Å². The number of carbonyl (C=O) groups is 1. The second-order valence-corrected chi connectivity index (χ2v) is 7.41. The number of carbonyl (C=O) groups excluding carboxylic acids is 1. The summed E-state index contributed by atoms with van der Waals surface area (Å²) in [6, 6.07) is 14.4. The fourth-order valence-electron chi connectivity index (χ4n) is 4.38. The number of nitrogens with zero attached hydrogens (tertiary/aromatic N) is 1. The highest BCUT2D eigenvalue weighted by molar-refractivity contribution is 5.85. The van der Waals surface area contributed by atoms with Crippen LogP contribution in [0.15, 0.2) is 42.5 Å². The van der Waals surface area contributed by atoms with E-state index in [9.17, 15) is 9.90 Å². The molecule has 0 bridgehead atoms. The van der Waals surface area contributed by atoms with Crippen LogP contribution < -0.4 is 5.32 Å². The molecule has 3 atom stereocenters. The van der Waals surface area contributed by atoms with Crippen LogP contribution in [0.2, 0.25) is 0 Å². The molecule has 4 heteroatoms. The van der Waals surface area contributed by atoms with Crippen LogP contribution in [0.4, 0.5) is 0 Å². The molecule has 25 heavy (non-hydrogen) atoms. The third-order valence-corrected chi connectivity index (χ3v) is 5.71. The van der Waals surface area contributed by atoms with Crippen molar-refractivity contribution in [2.24, 2.45) is 0 Å². The molecule has 0 radical (unpaired) electrons. The second-order valence-electron chi connectivity index (χ2n) is 7.41. The van der Waals surface area contributed by atoms with Gasteiger partial charge in [0.2, 0.25) is 5.91 Å². The van der Waals surface area contributed by atoms with Crippen molar-refractivity contribution in [2.75, 3.05) is 13.1 Å². The standard InChI is InChI=1S/C21H26N2O2/c24-20(14-15-7-8-16-5-1-2-6-17(16)13-15)22-18-9-10-19(21(18)25)23-11-3-4-12-23/h1-2,5-8,13,18-19,21,25H,3-4,9-12,14H2,(H,22,24)/t18-,19-,21-/m1/s1. The minimum atomic E-state index is -0.446. The molecule has 4 rings (SSSR count). The Kier molecular flexibility index (Phi) is 4.73. The van der Waals surface area contributed by atoms with Gasteiger partial charge in [0.25, 0.3) is 0 Å². The molecule has 1 saturated heterocycles. The van der Waals surface area contributed by atoms with Gasteiger partial charge in [-0.2, -0.15) is 0 Å². The van der Waals surface area contributed by atoms with E-state index in [0.717, 1.165) is 36.9 Å². The van der Waals surface area contributed by atoms with Crippen LogP contribution in [0.1, 0.15) is 31.2 Å². The lowest BCUT2D eigenvalue weighted by atomic mass is 10.0. The number of hydrogen-bond acceptors (Lipinski definition) is 3. The Balaban J connectivity index is 1.36. The van der Waals surface area contributed by atoms with Crippen molar-refractivity contribution in [3.8, 4) is 0 Å². The lowest BCUT2D eigenvalue weighted by molar-refractivity contribution is -0.121. The fraction of sp³-hybridized carbons (Fsp3) is 0.476. The molecule has 1 aliphatic heterocycles. The quantitative estimate of drug-likeness (QED) is 0.900. The lowest BCUT2D eigenvalue weighted by Gasteiger charge is -2.28. The van der Waals surface area contributed by atoms with E-state index in [4.69, 9.17) is 0 Å². The van der Waals surface area contributed by atoms with Crippen LogP contribution >= 0.6 is 0 Å². The minimum Gasteiger partial charge on any atom is -0.389 e. The monoisotopic (exact) mass is 338 g/mol. The maximum Gasteiger partial charge on any atom is 0.224 e. The maximum absolute atomic E-state index is 12.4. The summed E-state index contributed by atoms with van der Waals surface area (Å²) in [5, 5.41) is 16.0. The molecule has 0 spiro atoms. The average molecular weight is 338 g/mol. The Morgan fingerprint density at radius 3 is 2.64 bits per heavy atom. The Morgan fingerprint density at radius 2 is 1.84 bits per heavy atom. The van der Waals surface area contributed by atoms with Crippen molar-refractivity contribution in [3.63, 3.8) is 0 Å². The van der Waals surface area contributed by atoms with Gasteiger partial charge in [-0.3, -0.25) is 9.69 Å². The number of aliphatic hydroxyl groups is 1. The van der Waals surface area contributed by atoms with Crippen molar-refractivity contribution in [3.05, 3.63) is 48.0 Å². The summed E-state index contributed by atoms with van der Waals surface area (Å²) in [5.41, 5.74) is 1.01. The molecular weight excluding hydrogens is 312 g/mol. The highest BCUT2D eigenvalue weighted by atomic mass is 16.3. The van der Waals surface area contributed by atoms with Gasteiger partial charge < -0.3 is 10.4 Å². The van der Waals surface area contributed by atoms with E-state index in [1.54, 1.807) is 0 Å². The van der Waals surface area contributed by atoms with Crippen LogP contribution in [-0.4, -0.2) is 47.2 Å². The van der Waals surface area contributed by atoms with Crippen molar-refractivity contribution < 1.29 is 9.90 Å². The van der Waals surface area contributed by atoms with E-state index in [1.165, 1.54) is 18.2 Å². The molecule has 1 saturated carbocycles. The summed E-state index contributed by atoms with van der Waals surface area (Å²) >= 11 is 0. The summed E-state index contributed by atoms with van der Waals surface area (Å²) in [4.78, 5) is 14.8. The van der Waals surface area contributed by atoms with Gasteiger partial charge in [-0.05, 0) is 55.1 Å². The second kappa shape index (κ2) is 7.14. The topological polar surface area (TPSA) is 52.6 Å². The zero-order chi connectivity index (χ0) is 17.2. The van der Waals surface area contributed by atoms with Crippen LogP contribution in [-0.2, 0) is 11.2 Å². The molecule has 1 aliphatic carbocycles. The van der Waals surface area contributed by atoms with Gasteiger partial charge in [0, 0.05) is 6.04 Å². The number of fused-ring (bicyclic) bond motifs is 1. The van der Waals surface area contributed by atoms with Gasteiger partial charge in [-0.25, -0.2) is 0 Å². The normalized spacial score (nSPS) is 27.0. The number of aliphatic hydroxyl groups excluding tert-OH is 1. The first-order valence-corrected chi connectivity index (χ1v) is 9.40. The minimum absolute atomic E-state index is 0.00130. The molecule has 132 valence electrons. The van der Waals surface area contributed by atoms with Crippen LogP contribution in [0.25, 0.3) is 10.8 Å². The van der Waals surface area contributed by atoms with Crippen molar-refractivity contribution in [1.29, 1.82) is 0 Å². The average Bonchev–Trinajstić information content (AvgIpc) is 3.25. The predicted octanol–water partition coefficient (Wildman–Crippen LogP) is 2.49. The Bertz CT molecular complexity index is 754. The predicted molar refractivity (Wildman–Crippen MR) is 99.4 cm³/mol. The van der Waals surface area contributed by atoms with Crippen LogP contribution in [0.3, 0.4) is 0 Å². The van der Waals surface area contributed by atoms with E-state index in [1.807, 2.05) is 18.2 Å². The highest BCUT2D eigenvalue weighted by Gasteiger charge is 2.39. The van der Waals surface area contributed by atoms with Crippen molar-refractivity contribution >= 4 is 16.7 Å². The zero-order valence-electron chi connectivity index (χ0n) is 14.5. The summed E-state index contributed by atoms with van der Waals surface area (Å²) in [6.07, 6.45) is 4.21. The van der Waals surface area contributed by atoms with Crippen molar-refractivity contribution in [2.45, 2.75) is 50.3 Å². The number of rotatable bonds is 4. The fourth-order valence-corrected chi connectivity index (χ4v) is 4.38. The van der Waals surface area contributed by atoms with Gasteiger partial charge in [0.15, 0.2) is 0 Å². The van der Waals surface area contributed by atoms with Gasteiger partial charge in [-0.15, -0.1) is 0 Å². The summed E-state index contributed by atoms with van der Waals surface area (Å²) in [7, 11) is 0. The van der Waals surface area contributed by atoms with Gasteiger partial charge in [0.1, 0.15) is 0 Å². The smallest absolute Gasteiger partial charge is 0.224 e. The molecule has 2 N–H and O–H groups in total. The van der Waals surface area contributed by atoms with E-state index >= 15 is 0 Å². The molecule has 2 aliphatic rings. The summed E-state index contributed by atoms with van der Waals surface area (Å²) < 4.78 is 0. The molecule has 1 heterocycles. The number of benzene rings is 2. The summed E-state index contributed by atoms with van der Waals surface area (Å²) in [6.45, 7) is 2.17. The van der Waals surface area contributed by atoms with Crippen molar-refractivity contribution in [1.82, 2.24) is 10.2 Å². The maximum atomic E-state index is 12.4.